The highest BCUT2D eigenvalue weighted by Crippen LogP contribution is 2.18. The number of hydrogen-bond donors (Lipinski definition) is 1. The van der Waals surface area contributed by atoms with Gasteiger partial charge in [-0.25, -0.2) is 0 Å². The SMILES string of the molecule is COCC(Cl)CCNC(=O)c1ccc([N+](=O)[O-])c(C)c1. The fourth-order valence-electron chi connectivity index (χ4n) is 1.71. The summed E-state index contributed by atoms with van der Waals surface area (Å²) in [4.78, 5) is 22.1. The van der Waals surface area contributed by atoms with Gasteiger partial charge in [0.15, 0.2) is 0 Å². The number of amides is 1. The van der Waals surface area contributed by atoms with Crippen LogP contribution in [0.25, 0.3) is 0 Å². The second-order valence-electron chi connectivity index (χ2n) is 4.36. The van der Waals surface area contributed by atoms with Crippen LogP contribution in [-0.2, 0) is 4.74 Å². The van der Waals surface area contributed by atoms with Crippen LogP contribution >= 0.6 is 11.6 Å². The highest BCUT2D eigenvalue weighted by molar-refractivity contribution is 6.20. The summed E-state index contributed by atoms with van der Waals surface area (Å²) < 4.78 is 4.89. The van der Waals surface area contributed by atoms with E-state index in [4.69, 9.17) is 16.3 Å². The Morgan fingerprint density at radius 3 is 2.80 bits per heavy atom. The summed E-state index contributed by atoms with van der Waals surface area (Å²) in [5.41, 5.74) is 0.852. The van der Waals surface area contributed by atoms with E-state index in [1.54, 1.807) is 14.0 Å². The van der Waals surface area contributed by atoms with Crippen LogP contribution in [0.3, 0.4) is 0 Å². The summed E-state index contributed by atoms with van der Waals surface area (Å²) in [5.74, 6) is -0.274. The van der Waals surface area contributed by atoms with Crippen molar-refractivity contribution in [3.63, 3.8) is 0 Å². The molecular formula is C13H17ClN2O4. The van der Waals surface area contributed by atoms with Crippen molar-refractivity contribution < 1.29 is 14.5 Å². The minimum atomic E-state index is -0.472. The fourth-order valence-corrected chi connectivity index (χ4v) is 1.95. The highest BCUT2D eigenvalue weighted by atomic mass is 35.5. The van der Waals surface area contributed by atoms with E-state index in [0.29, 0.717) is 30.7 Å². The van der Waals surface area contributed by atoms with Crippen molar-refractivity contribution in [1.29, 1.82) is 0 Å². The molecular weight excluding hydrogens is 284 g/mol. The Bertz CT molecular complexity index is 493. The fraction of sp³-hybridized carbons (Fsp3) is 0.462. The molecule has 0 heterocycles. The number of halogens is 1. The molecule has 1 N–H and O–H groups in total. The van der Waals surface area contributed by atoms with E-state index in [0.717, 1.165) is 0 Å². The first-order chi connectivity index (χ1) is 9.45. The van der Waals surface area contributed by atoms with Crippen molar-refractivity contribution in [2.45, 2.75) is 18.7 Å². The summed E-state index contributed by atoms with van der Waals surface area (Å²) in [6, 6.07) is 4.27. The third kappa shape index (κ3) is 4.79. The number of nitrogens with zero attached hydrogens (tertiary/aromatic N) is 1. The number of carbonyl (C=O) groups is 1. The third-order valence-corrected chi connectivity index (χ3v) is 3.09. The normalized spacial score (nSPS) is 11.9. The van der Waals surface area contributed by atoms with Gasteiger partial charge >= 0.3 is 0 Å². The molecule has 0 aliphatic carbocycles. The molecule has 110 valence electrons. The summed E-state index contributed by atoms with van der Waals surface area (Å²) in [7, 11) is 1.56. The second-order valence-corrected chi connectivity index (χ2v) is 4.97. The summed E-state index contributed by atoms with van der Waals surface area (Å²) in [6.07, 6.45) is 0.590. The van der Waals surface area contributed by atoms with Gasteiger partial charge in [0.05, 0.1) is 16.9 Å². The van der Waals surface area contributed by atoms with Crippen LogP contribution in [0.1, 0.15) is 22.3 Å². The van der Waals surface area contributed by atoms with Crippen LogP contribution in [0.2, 0.25) is 0 Å². The monoisotopic (exact) mass is 300 g/mol. The highest BCUT2D eigenvalue weighted by Gasteiger charge is 2.13. The van der Waals surface area contributed by atoms with Crippen LogP contribution < -0.4 is 5.32 Å². The minimum absolute atomic E-state index is 0.00228. The number of nitrogens with one attached hydrogen (secondary N) is 1. The minimum Gasteiger partial charge on any atom is -0.383 e. The molecule has 0 saturated carbocycles. The average molecular weight is 301 g/mol. The van der Waals surface area contributed by atoms with Crippen LogP contribution in [-0.4, -0.2) is 36.5 Å². The van der Waals surface area contributed by atoms with Gasteiger partial charge < -0.3 is 10.1 Å². The smallest absolute Gasteiger partial charge is 0.272 e. The summed E-state index contributed by atoms with van der Waals surface area (Å²) >= 11 is 5.94. The third-order valence-electron chi connectivity index (χ3n) is 2.75. The average Bonchev–Trinajstić information content (AvgIpc) is 2.38. The van der Waals surface area contributed by atoms with Gasteiger partial charge in [0.1, 0.15) is 0 Å². The number of hydrogen-bond acceptors (Lipinski definition) is 4. The van der Waals surface area contributed by atoms with E-state index in [1.165, 1.54) is 18.2 Å². The van der Waals surface area contributed by atoms with E-state index in [9.17, 15) is 14.9 Å². The molecule has 0 saturated heterocycles. The molecule has 1 amide bonds. The van der Waals surface area contributed by atoms with Gasteiger partial charge in [0, 0.05) is 30.8 Å². The van der Waals surface area contributed by atoms with Crippen molar-refractivity contribution in [3.8, 4) is 0 Å². The van der Waals surface area contributed by atoms with E-state index >= 15 is 0 Å². The zero-order valence-electron chi connectivity index (χ0n) is 11.4. The molecule has 1 aromatic rings. The molecule has 0 spiro atoms. The molecule has 6 nitrogen and oxygen atoms in total. The number of methoxy groups -OCH3 is 1. The van der Waals surface area contributed by atoms with Gasteiger partial charge in [-0.05, 0) is 25.5 Å². The lowest BCUT2D eigenvalue weighted by Crippen LogP contribution is -2.27. The van der Waals surface area contributed by atoms with Gasteiger partial charge in [-0.3, -0.25) is 14.9 Å². The predicted molar refractivity (Wildman–Crippen MR) is 76.3 cm³/mol. The van der Waals surface area contributed by atoms with Gasteiger partial charge in [-0.15, -0.1) is 11.6 Å². The predicted octanol–water partition coefficient (Wildman–Crippen LogP) is 2.28. The van der Waals surface area contributed by atoms with Crippen LogP contribution in [0, 0.1) is 17.0 Å². The Balaban J connectivity index is 2.56. The number of nitro groups is 1. The number of nitro benzene ring substituents is 1. The van der Waals surface area contributed by atoms with Crippen LogP contribution in [0.5, 0.6) is 0 Å². The molecule has 20 heavy (non-hydrogen) atoms. The Labute approximate surface area is 122 Å². The maximum atomic E-state index is 11.9. The number of rotatable bonds is 7. The number of carbonyl (C=O) groups excluding carboxylic acids is 1. The van der Waals surface area contributed by atoms with Gasteiger partial charge in [-0.1, -0.05) is 0 Å². The lowest BCUT2D eigenvalue weighted by atomic mass is 10.1. The standard InChI is InChI=1S/C13H17ClN2O4/c1-9-7-10(3-4-12(9)16(18)19)13(17)15-6-5-11(14)8-20-2/h3-4,7,11H,5-6,8H2,1-2H3,(H,15,17). The first kappa shape index (κ1) is 16.4. The summed E-state index contributed by atoms with van der Waals surface area (Å²) in [5, 5.41) is 13.3. The van der Waals surface area contributed by atoms with Crippen molar-refractivity contribution >= 4 is 23.2 Å². The number of aryl methyl sites for hydroxylation is 1. The van der Waals surface area contributed by atoms with Crippen LogP contribution in [0.15, 0.2) is 18.2 Å². The topological polar surface area (TPSA) is 81.5 Å². The van der Waals surface area contributed by atoms with Gasteiger partial charge in [-0.2, -0.15) is 0 Å². The molecule has 0 radical (unpaired) electrons. The van der Waals surface area contributed by atoms with Crippen molar-refractivity contribution in [2.75, 3.05) is 20.3 Å². The van der Waals surface area contributed by atoms with Crippen molar-refractivity contribution in [3.05, 3.63) is 39.4 Å². The first-order valence-electron chi connectivity index (χ1n) is 6.12. The number of benzene rings is 1. The Hall–Kier alpha value is -1.66. The van der Waals surface area contributed by atoms with E-state index < -0.39 is 4.92 Å². The molecule has 0 fully saturated rings. The maximum Gasteiger partial charge on any atom is 0.272 e. The molecule has 1 unspecified atom stereocenters. The Kier molecular flexibility index (Phi) is 6.41. The zero-order valence-corrected chi connectivity index (χ0v) is 12.1. The van der Waals surface area contributed by atoms with E-state index in [2.05, 4.69) is 5.32 Å². The molecule has 1 rings (SSSR count). The van der Waals surface area contributed by atoms with Gasteiger partial charge in [0.2, 0.25) is 0 Å². The van der Waals surface area contributed by atoms with E-state index in [-0.39, 0.29) is 17.0 Å². The summed E-state index contributed by atoms with van der Waals surface area (Å²) in [6.45, 7) is 2.45. The molecule has 0 aliphatic rings. The number of ether oxygens (including phenoxy) is 1. The molecule has 1 atom stereocenters. The molecule has 0 bridgehead atoms. The largest absolute Gasteiger partial charge is 0.383 e. The van der Waals surface area contributed by atoms with E-state index in [1.807, 2.05) is 0 Å². The number of alkyl halides is 1. The molecule has 0 aliphatic heterocycles. The Morgan fingerprint density at radius 1 is 1.55 bits per heavy atom. The molecule has 7 heteroatoms. The first-order valence-corrected chi connectivity index (χ1v) is 6.55. The van der Waals surface area contributed by atoms with Gasteiger partial charge in [0.25, 0.3) is 11.6 Å². The van der Waals surface area contributed by atoms with Crippen molar-refractivity contribution in [2.24, 2.45) is 0 Å². The quantitative estimate of drug-likeness (QED) is 0.476. The maximum absolute atomic E-state index is 11.9. The molecule has 0 aromatic heterocycles. The lowest BCUT2D eigenvalue weighted by Gasteiger charge is -2.09. The zero-order chi connectivity index (χ0) is 15.1. The lowest BCUT2D eigenvalue weighted by molar-refractivity contribution is -0.385. The second kappa shape index (κ2) is 7.81. The molecule has 1 aromatic carbocycles. The Morgan fingerprint density at radius 2 is 2.25 bits per heavy atom. The van der Waals surface area contributed by atoms with Crippen LogP contribution in [0.4, 0.5) is 5.69 Å². The van der Waals surface area contributed by atoms with Crippen molar-refractivity contribution in [1.82, 2.24) is 5.32 Å².